The Kier molecular flexibility index (Phi) is 4.86. The minimum Gasteiger partial charge on any atom is -0.429 e. The minimum absolute atomic E-state index is 0.0912. The van der Waals surface area contributed by atoms with Gasteiger partial charge in [0.2, 0.25) is 0 Å². The van der Waals surface area contributed by atoms with E-state index in [0.29, 0.717) is 5.02 Å². The van der Waals surface area contributed by atoms with Crippen molar-refractivity contribution in [2.24, 2.45) is 4.99 Å². The van der Waals surface area contributed by atoms with Gasteiger partial charge in [0.15, 0.2) is 11.7 Å². The van der Waals surface area contributed by atoms with Gasteiger partial charge >= 0.3 is 8.18 Å². The number of H-pyrrole nitrogens is 1. The van der Waals surface area contributed by atoms with Gasteiger partial charge in [-0.1, -0.05) is 23.7 Å². The average molecular weight is 313 g/mol. The van der Waals surface area contributed by atoms with Gasteiger partial charge < -0.3 is 4.52 Å². The second-order valence-corrected chi connectivity index (χ2v) is 4.82. The van der Waals surface area contributed by atoms with E-state index in [2.05, 4.69) is 25.3 Å². The molecule has 0 amide bonds. The molecule has 0 aliphatic carbocycles. The molecule has 1 atom stereocenters. The highest BCUT2D eigenvalue weighted by Crippen LogP contribution is 2.30. The monoisotopic (exact) mass is 312 g/mol. The average Bonchev–Trinajstić information content (AvgIpc) is 2.95. The van der Waals surface area contributed by atoms with E-state index in [0.717, 1.165) is 6.34 Å². The van der Waals surface area contributed by atoms with Gasteiger partial charge in [-0.3, -0.25) is 20.2 Å². The number of aromatic amines is 1. The van der Waals surface area contributed by atoms with Crippen molar-refractivity contribution >= 4 is 32.0 Å². The number of benzene rings is 1. The fourth-order valence-corrected chi connectivity index (χ4v) is 2.33. The van der Waals surface area contributed by atoms with E-state index >= 15 is 0 Å². The number of halogens is 1. The van der Waals surface area contributed by atoms with Crippen molar-refractivity contribution in [3.8, 4) is 5.75 Å². The van der Waals surface area contributed by atoms with Crippen LogP contribution in [0.25, 0.3) is 0 Å². The van der Waals surface area contributed by atoms with Gasteiger partial charge in [0, 0.05) is 0 Å². The van der Waals surface area contributed by atoms with Crippen molar-refractivity contribution in [1.82, 2.24) is 20.3 Å². The molecule has 0 aliphatic heterocycles. The van der Waals surface area contributed by atoms with Gasteiger partial charge in [-0.15, -0.1) is 0 Å². The van der Waals surface area contributed by atoms with E-state index in [4.69, 9.17) is 21.5 Å². The third-order valence-corrected chi connectivity index (χ3v) is 3.25. The summed E-state index contributed by atoms with van der Waals surface area (Å²) in [7, 11) is -2.72. The van der Waals surface area contributed by atoms with Crippen LogP contribution in [0.15, 0.2) is 35.6 Å². The largest absolute Gasteiger partial charge is 0.429 e. The molecular weight excluding hydrogens is 303 g/mol. The number of aliphatic imine (C=N–C) groups is 1. The summed E-state index contributed by atoms with van der Waals surface area (Å²) in [4.78, 5) is 7.54. The molecule has 0 saturated heterocycles. The minimum atomic E-state index is -2.72. The molecule has 1 aromatic carbocycles. The maximum atomic E-state index is 11.9. The summed E-state index contributed by atoms with van der Waals surface area (Å²) in [6.07, 6.45) is 2.05. The standard InChI is InChI=1S/C10H10ClN6O2P/c11-7-3-1-2-4-8(7)19-20(18)17-10(13-5-12)9-14-6-15-16-9/h1-6,20H,(H,14,15,16)(H2,12,13,17,18). The van der Waals surface area contributed by atoms with Crippen LogP contribution in [0.3, 0.4) is 0 Å². The summed E-state index contributed by atoms with van der Waals surface area (Å²) in [5.41, 5.74) is 0. The molecule has 2 aromatic rings. The molecule has 0 bridgehead atoms. The Morgan fingerprint density at radius 3 is 3.00 bits per heavy atom. The SMILES string of the molecule is N=C/N=C(\N[PH](=O)Oc1ccccc1Cl)c1ncn[nH]1. The Morgan fingerprint density at radius 1 is 1.55 bits per heavy atom. The van der Waals surface area contributed by atoms with Crippen LogP contribution in [0.5, 0.6) is 5.75 Å². The van der Waals surface area contributed by atoms with Crippen molar-refractivity contribution in [3.63, 3.8) is 0 Å². The van der Waals surface area contributed by atoms with E-state index in [1.54, 1.807) is 24.3 Å². The fraction of sp³-hybridized carbons (Fsp3) is 0. The summed E-state index contributed by atoms with van der Waals surface area (Å²) in [5, 5.41) is 16.0. The number of amidine groups is 1. The molecule has 1 unspecified atom stereocenters. The van der Waals surface area contributed by atoms with Crippen LogP contribution in [0.2, 0.25) is 5.02 Å². The second-order valence-electron chi connectivity index (χ2n) is 3.39. The van der Waals surface area contributed by atoms with Crippen LogP contribution in [0.1, 0.15) is 5.82 Å². The molecule has 0 saturated carbocycles. The molecule has 104 valence electrons. The quantitative estimate of drug-likeness (QED) is 0.443. The van der Waals surface area contributed by atoms with Crippen LogP contribution in [-0.4, -0.2) is 27.4 Å². The predicted octanol–water partition coefficient (Wildman–Crippen LogP) is 1.87. The van der Waals surface area contributed by atoms with Crippen molar-refractivity contribution in [3.05, 3.63) is 41.4 Å². The lowest BCUT2D eigenvalue weighted by molar-refractivity contribution is 0.501. The molecule has 0 spiro atoms. The van der Waals surface area contributed by atoms with Crippen LogP contribution in [-0.2, 0) is 4.57 Å². The molecule has 0 radical (unpaired) electrons. The van der Waals surface area contributed by atoms with Crippen LogP contribution >= 0.6 is 19.8 Å². The van der Waals surface area contributed by atoms with Gasteiger partial charge in [-0.2, -0.15) is 5.10 Å². The van der Waals surface area contributed by atoms with E-state index < -0.39 is 8.18 Å². The maximum absolute atomic E-state index is 11.9. The van der Waals surface area contributed by atoms with E-state index in [9.17, 15) is 4.57 Å². The molecular formula is C10H10ClN6O2P. The third-order valence-electron chi connectivity index (χ3n) is 2.09. The van der Waals surface area contributed by atoms with Gasteiger partial charge in [0.25, 0.3) is 0 Å². The number of nitrogens with one attached hydrogen (secondary N) is 3. The Morgan fingerprint density at radius 2 is 2.35 bits per heavy atom. The third kappa shape index (κ3) is 3.66. The predicted molar refractivity (Wildman–Crippen MR) is 75.9 cm³/mol. The molecule has 20 heavy (non-hydrogen) atoms. The first kappa shape index (κ1) is 14.2. The zero-order chi connectivity index (χ0) is 14.4. The number of aromatic nitrogens is 3. The lowest BCUT2D eigenvalue weighted by Crippen LogP contribution is -2.20. The van der Waals surface area contributed by atoms with E-state index in [1.807, 2.05) is 0 Å². The molecule has 1 aromatic heterocycles. The Bertz CT molecular complexity index is 645. The van der Waals surface area contributed by atoms with Gasteiger partial charge in [0.05, 0.1) is 5.02 Å². The number of para-hydroxylation sites is 1. The molecule has 10 heteroatoms. The Labute approximate surface area is 119 Å². The summed E-state index contributed by atoms with van der Waals surface area (Å²) in [5.74, 6) is 0.625. The first-order valence-corrected chi connectivity index (χ1v) is 7.06. The highest BCUT2D eigenvalue weighted by molar-refractivity contribution is 7.38. The van der Waals surface area contributed by atoms with Crippen molar-refractivity contribution in [2.45, 2.75) is 0 Å². The molecule has 0 fully saturated rings. The fourth-order valence-electron chi connectivity index (χ4n) is 1.29. The first-order chi connectivity index (χ1) is 9.70. The Balaban J connectivity index is 2.09. The van der Waals surface area contributed by atoms with Crippen molar-refractivity contribution in [1.29, 1.82) is 5.41 Å². The molecule has 3 N–H and O–H groups in total. The highest BCUT2D eigenvalue weighted by atomic mass is 35.5. The zero-order valence-electron chi connectivity index (χ0n) is 10.0. The normalized spacial score (nSPS) is 12.8. The molecule has 0 aliphatic rings. The van der Waals surface area contributed by atoms with Crippen LogP contribution in [0.4, 0.5) is 0 Å². The summed E-state index contributed by atoms with van der Waals surface area (Å²) in [6.45, 7) is 0. The van der Waals surface area contributed by atoms with Crippen LogP contribution in [0, 0.1) is 5.41 Å². The summed E-state index contributed by atoms with van der Waals surface area (Å²) in [6, 6.07) is 6.65. The number of hydrogen-bond donors (Lipinski definition) is 3. The Hall–Kier alpha value is -2.18. The maximum Gasteiger partial charge on any atom is 0.331 e. The van der Waals surface area contributed by atoms with E-state index in [1.165, 1.54) is 6.33 Å². The summed E-state index contributed by atoms with van der Waals surface area (Å²) < 4.78 is 17.1. The van der Waals surface area contributed by atoms with Gasteiger partial charge in [-0.25, -0.2) is 9.98 Å². The first-order valence-electron chi connectivity index (χ1n) is 5.36. The topological polar surface area (TPSA) is 116 Å². The molecule has 8 nitrogen and oxygen atoms in total. The number of rotatable bonds is 5. The van der Waals surface area contributed by atoms with Crippen molar-refractivity contribution < 1.29 is 9.09 Å². The zero-order valence-corrected chi connectivity index (χ0v) is 11.8. The lowest BCUT2D eigenvalue weighted by Gasteiger charge is -2.09. The summed E-state index contributed by atoms with van der Waals surface area (Å²) >= 11 is 5.90. The molecule has 1 heterocycles. The van der Waals surface area contributed by atoms with Crippen molar-refractivity contribution in [2.75, 3.05) is 0 Å². The van der Waals surface area contributed by atoms with Gasteiger partial charge in [-0.05, 0) is 12.1 Å². The smallest absolute Gasteiger partial charge is 0.331 e. The van der Waals surface area contributed by atoms with Crippen LogP contribution < -0.4 is 9.61 Å². The van der Waals surface area contributed by atoms with Gasteiger partial charge in [0.1, 0.15) is 18.4 Å². The number of nitrogens with zero attached hydrogens (tertiary/aromatic N) is 3. The number of hydrogen-bond acceptors (Lipinski definition) is 5. The molecule has 2 rings (SSSR count). The van der Waals surface area contributed by atoms with E-state index in [-0.39, 0.29) is 17.4 Å². The second kappa shape index (κ2) is 6.83. The highest BCUT2D eigenvalue weighted by Gasteiger charge is 2.11. The lowest BCUT2D eigenvalue weighted by atomic mass is 10.3.